The van der Waals surface area contributed by atoms with Crippen molar-refractivity contribution in [1.82, 2.24) is 10.0 Å². The molecular formula is C18H23F3N6O. The second-order valence-corrected chi connectivity index (χ2v) is 6.19. The first-order chi connectivity index (χ1) is 13.1. The van der Waals surface area contributed by atoms with E-state index < -0.39 is 6.36 Å². The summed E-state index contributed by atoms with van der Waals surface area (Å²) in [7, 11) is 3.84. The first-order valence-corrected chi connectivity index (χ1v) is 8.37. The number of hydrogen-bond acceptors (Lipinski definition) is 6. The Bertz CT molecular complexity index is 793. The maximum Gasteiger partial charge on any atom is 0.573 e. The second-order valence-electron chi connectivity index (χ2n) is 6.19. The predicted molar refractivity (Wildman–Crippen MR) is 103 cm³/mol. The third-order valence-electron chi connectivity index (χ3n) is 3.58. The average molecular weight is 396 g/mol. The Morgan fingerprint density at radius 1 is 1.07 bits per heavy atom. The van der Waals surface area contributed by atoms with Crippen LogP contribution in [-0.2, 0) is 0 Å². The molecule has 0 fully saturated rings. The van der Waals surface area contributed by atoms with Crippen LogP contribution in [0.25, 0.3) is 0 Å². The monoisotopic (exact) mass is 396 g/mol. The number of ether oxygens (including phenoxy) is 1. The molecular weight excluding hydrogens is 373 g/mol. The molecule has 0 unspecified atom stereocenters. The summed E-state index contributed by atoms with van der Waals surface area (Å²) < 4.78 is 40.6. The molecule has 0 amide bonds. The van der Waals surface area contributed by atoms with Crippen molar-refractivity contribution in [2.24, 2.45) is 16.7 Å². The minimum atomic E-state index is -4.73. The molecule has 0 aliphatic carbocycles. The standard InChI is InChI=1S/C18H23F3N6O/c1-26(2)11-12-27(23)25-17(22)15-5-3-4-6-16(15)24-13-7-9-14(10-8-13)28-18(19,20)21/h3-10,24H,11-12,23H2,1-2H3,(H2,22,25). The molecule has 0 spiro atoms. The minimum Gasteiger partial charge on any atom is -0.406 e. The van der Waals surface area contributed by atoms with E-state index in [1.807, 2.05) is 19.0 Å². The number of hydrogen-bond donors (Lipinski definition) is 3. The number of rotatable bonds is 8. The summed E-state index contributed by atoms with van der Waals surface area (Å²) in [5, 5.41) is 8.53. The van der Waals surface area contributed by atoms with Crippen LogP contribution in [0.5, 0.6) is 5.75 Å². The van der Waals surface area contributed by atoms with Crippen molar-refractivity contribution in [3.8, 4) is 5.75 Å². The normalized spacial score (nSPS) is 12.2. The smallest absolute Gasteiger partial charge is 0.406 e. The van der Waals surface area contributed by atoms with E-state index in [0.29, 0.717) is 30.0 Å². The highest BCUT2D eigenvalue weighted by Crippen LogP contribution is 2.26. The van der Waals surface area contributed by atoms with Crippen molar-refractivity contribution < 1.29 is 17.9 Å². The summed E-state index contributed by atoms with van der Waals surface area (Å²) in [6.07, 6.45) is -4.73. The topological polar surface area (TPSA) is 92.1 Å². The lowest BCUT2D eigenvalue weighted by Crippen LogP contribution is -2.35. The fraction of sp³-hybridized carbons (Fsp3) is 0.278. The third-order valence-corrected chi connectivity index (χ3v) is 3.58. The van der Waals surface area contributed by atoms with Gasteiger partial charge in [-0.05, 0) is 50.5 Å². The molecule has 0 aliphatic rings. The number of benzene rings is 2. The van der Waals surface area contributed by atoms with E-state index in [4.69, 9.17) is 11.6 Å². The van der Waals surface area contributed by atoms with Crippen LogP contribution >= 0.6 is 0 Å². The molecule has 2 aromatic carbocycles. The quantitative estimate of drug-likeness (QED) is 0.275. The third kappa shape index (κ3) is 6.97. The van der Waals surface area contributed by atoms with Crippen LogP contribution < -0.4 is 21.6 Å². The largest absolute Gasteiger partial charge is 0.573 e. The number of para-hydroxylation sites is 1. The minimum absolute atomic E-state index is 0.210. The van der Waals surface area contributed by atoms with Crippen LogP contribution in [0.3, 0.4) is 0 Å². The van der Waals surface area contributed by atoms with Gasteiger partial charge in [-0.1, -0.05) is 12.1 Å². The molecule has 0 aliphatic heterocycles. The number of hydrazone groups is 1. The summed E-state index contributed by atoms with van der Waals surface area (Å²) in [4.78, 5) is 1.97. The number of amidine groups is 1. The Hall–Kier alpha value is -2.98. The number of anilines is 2. The number of nitrogens with zero attached hydrogens (tertiary/aromatic N) is 3. The molecule has 10 heteroatoms. The summed E-state index contributed by atoms with van der Waals surface area (Å²) in [5.41, 5.74) is 7.89. The molecule has 7 nitrogen and oxygen atoms in total. The Morgan fingerprint density at radius 2 is 1.71 bits per heavy atom. The first-order valence-electron chi connectivity index (χ1n) is 8.37. The zero-order chi connectivity index (χ0) is 20.7. The number of halogens is 3. The summed E-state index contributed by atoms with van der Waals surface area (Å²) in [6.45, 7) is 1.20. The van der Waals surface area contributed by atoms with Crippen LogP contribution in [0, 0.1) is 0 Å². The Labute approximate surface area is 161 Å². The highest BCUT2D eigenvalue weighted by Gasteiger charge is 2.30. The van der Waals surface area contributed by atoms with Gasteiger partial charge in [0.15, 0.2) is 5.84 Å². The van der Waals surface area contributed by atoms with E-state index in [2.05, 4.69) is 15.2 Å². The van der Waals surface area contributed by atoms with Crippen molar-refractivity contribution in [3.63, 3.8) is 0 Å². The van der Waals surface area contributed by atoms with Gasteiger partial charge in [0.2, 0.25) is 0 Å². The molecule has 0 aromatic heterocycles. The summed E-state index contributed by atoms with van der Waals surface area (Å²) in [6, 6.07) is 12.5. The summed E-state index contributed by atoms with van der Waals surface area (Å²) in [5.74, 6) is 5.75. The fourth-order valence-electron chi connectivity index (χ4n) is 2.26. The maximum absolute atomic E-state index is 12.3. The van der Waals surface area contributed by atoms with Gasteiger partial charge in [-0.3, -0.25) is 0 Å². The molecule has 2 rings (SSSR count). The van der Waals surface area contributed by atoms with E-state index in [1.54, 1.807) is 24.3 Å². The maximum atomic E-state index is 12.3. The molecule has 28 heavy (non-hydrogen) atoms. The SMILES string of the molecule is CN(C)CCN(N)/N=C(\N)c1ccccc1Nc1ccc(OC(F)(F)F)cc1. The van der Waals surface area contributed by atoms with Crippen molar-refractivity contribution in [1.29, 1.82) is 0 Å². The van der Waals surface area contributed by atoms with Crippen LogP contribution in [0.1, 0.15) is 5.56 Å². The number of hydrazine groups is 1. The zero-order valence-electron chi connectivity index (χ0n) is 15.6. The number of likely N-dealkylation sites (N-methyl/N-ethyl adjacent to an activating group) is 1. The van der Waals surface area contributed by atoms with Crippen molar-refractivity contribution in [3.05, 3.63) is 54.1 Å². The molecule has 0 atom stereocenters. The van der Waals surface area contributed by atoms with Crippen LogP contribution in [0.2, 0.25) is 0 Å². The van der Waals surface area contributed by atoms with E-state index in [9.17, 15) is 13.2 Å². The van der Waals surface area contributed by atoms with Crippen molar-refractivity contribution >= 4 is 17.2 Å². The van der Waals surface area contributed by atoms with Gasteiger partial charge in [0.05, 0.1) is 6.54 Å². The predicted octanol–water partition coefficient (Wildman–Crippen LogP) is 2.69. The fourth-order valence-corrected chi connectivity index (χ4v) is 2.26. The van der Waals surface area contributed by atoms with Gasteiger partial charge in [-0.2, -0.15) is 0 Å². The highest BCUT2D eigenvalue weighted by molar-refractivity contribution is 6.02. The molecule has 0 radical (unpaired) electrons. The van der Waals surface area contributed by atoms with E-state index in [0.717, 1.165) is 0 Å². The first kappa shape index (κ1) is 21.3. The second kappa shape index (κ2) is 9.29. The van der Waals surface area contributed by atoms with E-state index >= 15 is 0 Å². The highest BCUT2D eigenvalue weighted by atomic mass is 19.4. The molecule has 5 N–H and O–H groups in total. The molecule has 2 aromatic rings. The van der Waals surface area contributed by atoms with E-state index in [1.165, 1.54) is 29.4 Å². The van der Waals surface area contributed by atoms with Crippen LogP contribution in [0.15, 0.2) is 53.6 Å². The Morgan fingerprint density at radius 3 is 2.32 bits per heavy atom. The van der Waals surface area contributed by atoms with Gasteiger partial charge < -0.3 is 20.7 Å². The van der Waals surface area contributed by atoms with Gasteiger partial charge in [0.1, 0.15) is 5.75 Å². The molecule has 0 bridgehead atoms. The van der Waals surface area contributed by atoms with Crippen molar-refractivity contribution in [2.45, 2.75) is 6.36 Å². The van der Waals surface area contributed by atoms with Gasteiger partial charge in [-0.25, -0.2) is 11.0 Å². The Balaban J connectivity index is 2.13. The molecule has 0 saturated carbocycles. The average Bonchev–Trinajstić information content (AvgIpc) is 2.61. The van der Waals surface area contributed by atoms with Gasteiger partial charge >= 0.3 is 6.36 Å². The van der Waals surface area contributed by atoms with Crippen molar-refractivity contribution in [2.75, 3.05) is 32.5 Å². The van der Waals surface area contributed by atoms with Gasteiger partial charge in [0, 0.05) is 23.5 Å². The summed E-state index contributed by atoms with van der Waals surface area (Å²) >= 11 is 0. The lowest BCUT2D eigenvalue weighted by molar-refractivity contribution is -0.274. The molecule has 0 heterocycles. The Kier molecular flexibility index (Phi) is 7.07. The zero-order valence-corrected chi connectivity index (χ0v) is 15.6. The van der Waals surface area contributed by atoms with Crippen LogP contribution in [-0.4, -0.2) is 49.4 Å². The number of nitrogens with two attached hydrogens (primary N) is 2. The lowest BCUT2D eigenvalue weighted by atomic mass is 10.1. The van der Waals surface area contributed by atoms with Gasteiger partial charge in [-0.15, -0.1) is 18.3 Å². The molecule has 0 saturated heterocycles. The van der Waals surface area contributed by atoms with Crippen LogP contribution in [0.4, 0.5) is 24.5 Å². The van der Waals surface area contributed by atoms with Gasteiger partial charge in [0.25, 0.3) is 0 Å². The van der Waals surface area contributed by atoms with E-state index in [-0.39, 0.29) is 11.6 Å². The molecule has 152 valence electrons. The number of nitrogens with one attached hydrogen (secondary N) is 1. The lowest BCUT2D eigenvalue weighted by Gasteiger charge is -2.18. The number of alkyl halides is 3.